The number of halogens is 1. The van der Waals surface area contributed by atoms with Gasteiger partial charge in [-0.3, -0.25) is 15.6 Å². The number of aromatic nitrogens is 4. The lowest BCUT2D eigenvalue weighted by Gasteiger charge is -2.09. The van der Waals surface area contributed by atoms with Gasteiger partial charge in [0.25, 0.3) is 0 Å². The number of nitrogens with zero attached hydrogens (tertiary/aromatic N) is 4. The molecule has 0 aliphatic carbocycles. The number of benzene rings is 1. The summed E-state index contributed by atoms with van der Waals surface area (Å²) in [5.41, 5.74) is 11.5. The Balaban J connectivity index is 1.74. The van der Waals surface area contributed by atoms with Crippen LogP contribution in [0.3, 0.4) is 0 Å². The molecule has 0 radical (unpaired) electrons. The molecule has 2 N–H and O–H groups in total. The Bertz CT molecular complexity index is 1020. The molecule has 0 saturated carbocycles. The van der Waals surface area contributed by atoms with E-state index in [4.69, 9.17) is 11.6 Å². The van der Waals surface area contributed by atoms with Gasteiger partial charge in [0, 0.05) is 27.7 Å². The molecule has 28 heavy (non-hydrogen) atoms. The van der Waals surface area contributed by atoms with Crippen molar-refractivity contribution < 1.29 is 4.79 Å². The number of anilines is 1. The van der Waals surface area contributed by atoms with Crippen molar-refractivity contribution in [3.05, 3.63) is 63.2 Å². The molecule has 0 unspecified atom stereocenters. The van der Waals surface area contributed by atoms with Gasteiger partial charge in [-0.1, -0.05) is 17.7 Å². The molecule has 0 spiro atoms. The van der Waals surface area contributed by atoms with E-state index in [-0.39, 0.29) is 12.3 Å². The highest BCUT2D eigenvalue weighted by Gasteiger charge is 2.16. The Morgan fingerprint density at radius 1 is 1.07 bits per heavy atom. The molecule has 1 aromatic carbocycles. The fourth-order valence-corrected chi connectivity index (χ4v) is 3.18. The molecule has 7 nitrogen and oxygen atoms in total. The molecule has 8 heteroatoms. The van der Waals surface area contributed by atoms with E-state index in [0.717, 1.165) is 39.6 Å². The first-order valence-electron chi connectivity index (χ1n) is 8.93. The topological polar surface area (TPSA) is 84.7 Å². The average Bonchev–Trinajstić information content (AvgIpc) is 2.90. The Labute approximate surface area is 169 Å². The third-order valence-electron chi connectivity index (χ3n) is 4.47. The van der Waals surface area contributed by atoms with E-state index in [0.29, 0.717) is 11.0 Å². The van der Waals surface area contributed by atoms with E-state index in [1.807, 2.05) is 63.6 Å². The number of hydrogen-bond donors (Lipinski definition) is 2. The van der Waals surface area contributed by atoms with Crippen LogP contribution in [0.4, 0.5) is 5.95 Å². The summed E-state index contributed by atoms with van der Waals surface area (Å²) in [7, 11) is 0. The van der Waals surface area contributed by atoms with Crippen molar-refractivity contribution >= 4 is 23.5 Å². The number of rotatable bonds is 5. The molecule has 2 aromatic heterocycles. The minimum atomic E-state index is -0.199. The Hall–Kier alpha value is -2.93. The molecule has 0 aliphatic rings. The third kappa shape index (κ3) is 4.31. The molecule has 1 amide bonds. The molecule has 0 saturated heterocycles. The summed E-state index contributed by atoms with van der Waals surface area (Å²) in [5.74, 6) is 0.166. The van der Waals surface area contributed by atoms with Crippen molar-refractivity contribution in [2.75, 3.05) is 5.43 Å². The quantitative estimate of drug-likeness (QED) is 0.642. The first-order chi connectivity index (χ1) is 13.2. The highest BCUT2D eigenvalue weighted by Crippen LogP contribution is 2.23. The zero-order chi connectivity index (χ0) is 20.4. The van der Waals surface area contributed by atoms with Crippen LogP contribution in [-0.4, -0.2) is 25.7 Å². The number of hydrazine groups is 1. The lowest BCUT2D eigenvalue weighted by molar-refractivity contribution is -0.120. The third-order valence-corrected chi connectivity index (χ3v) is 4.88. The van der Waals surface area contributed by atoms with Crippen molar-refractivity contribution in [2.45, 2.75) is 41.0 Å². The van der Waals surface area contributed by atoms with Crippen LogP contribution in [0, 0.1) is 34.6 Å². The van der Waals surface area contributed by atoms with E-state index in [1.165, 1.54) is 0 Å². The van der Waals surface area contributed by atoms with Crippen LogP contribution in [0.25, 0.3) is 5.69 Å². The van der Waals surface area contributed by atoms with Crippen molar-refractivity contribution in [3.63, 3.8) is 0 Å². The lowest BCUT2D eigenvalue weighted by atomic mass is 10.1. The maximum atomic E-state index is 12.4. The van der Waals surface area contributed by atoms with Gasteiger partial charge in [0.1, 0.15) is 0 Å². The zero-order valence-electron chi connectivity index (χ0n) is 16.6. The summed E-state index contributed by atoms with van der Waals surface area (Å²) in [4.78, 5) is 20.9. The summed E-state index contributed by atoms with van der Waals surface area (Å²) in [6.07, 6.45) is 0.190. The van der Waals surface area contributed by atoms with Crippen LogP contribution >= 0.6 is 11.6 Å². The van der Waals surface area contributed by atoms with Gasteiger partial charge in [-0.2, -0.15) is 5.10 Å². The van der Waals surface area contributed by atoms with Gasteiger partial charge in [0.15, 0.2) is 0 Å². The molecule has 0 aliphatic heterocycles. The van der Waals surface area contributed by atoms with Gasteiger partial charge in [-0.05, 0) is 58.4 Å². The summed E-state index contributed by atoms with van der Waals surface area (Å²) in [6, 6.07) is 7.66. The maximum Gasteiger partial charge on any atom is 0.242 e. The van der Waals surface area contributed by atoms with E-state index in [2.05, 4.69) is 25.9 Å². The Morgan fingerprint density at radius 3 is 2.39 bits per heavy atom. The van der Waals surface area contributed by atoms with E-state index >= 15 is 0 Å². The number of amides is 1. The van der Waals surface area contributed by atoms with Crippen molar-refractivity contribution in [3.8, 4) is 5.69 Å². The molecular weight excluding hydrogens is 376 g/mol. The van der Waals surface area contributed by atoms with Crippen LogP contribution in [-0.2, 0) is 11.2 Å². The molecule has 0 atom stereocenters. The summed E-state index contributed by atoms with van der Waals surface area (Å²) >= 11 is 6.24. The minimum absolute atomic E-state index is 0.190. The lowest BCUT2D eigenvalue weighted by Crippen LogP contribution is -2.32. The molecule has 146 valence electrons. The molecule has 0 bridgehead atoms. The van der Waals surface area contributed by atoms with Crippen LogP contribution in [0.2, 0.25) is 5.02 Å². The van der Waals surface area contributed by atoms with Crippen LogP contribution in [0.1, 0.15) is 33.9 Å². The minimum Gasteiger partial charge on any atom is -0.273 e. The average molecular weight is 399 g/mol. The van der Waals surface area contributed by atoms with Crippen LogP contribution in [0.5, 0.6) is 0 Å². The van der Waals surface area contributed by atoms with Gasteiger partial charge in [0.2, 0.25) is 11.9 Å². The second-order valence-corrected chi connectivity index (χ2v) is 7.23. The summed E-state index contributed by atoms with van der Waals surface area (Å²) in [5, 5.41) is 5.26. The first kappa shape index (κ1) is 19.8. The van der Waals surface area contributed by atoms with Gasteiger partial charge >= 0.3 is 0 Å². The number of carbonyl (C=O) groups is 1. The number of hydrogen-bond acceptors (Lipinski definition) is 5. The van der Waals surface area contributed by atoms with Gasteiger partial charge in [-0.25, -0.2) is 14.6 Å². The normalized spacial score (nSPS) is 10.8. The SMILES string of the molecule is Cc1cc(C)nc(NNC(=O)Cc2c(C)nn(-c3ccc(C)c(Cl)c3)c2C)n1. The highest BCUT2D eigenvalue weighted by molar-refractivity contribution is 6.31. The fraction of sp³-hybridized carbons (Fsp3) is 0.300. The van der Waals surface area contributed by atoms with Crippen molar-refractivity contribution in [1.29, 1.82) is 0 Å². The summed E-state index contributed by atoms with van der Waals surface area (Å²) in [6.45, 7) is 9.54. The molecular formula is C20H23ClN6O. The standard InChI is InChI=1S/C20H23ClN6O/c1-11-6-7-16(9-18(11)21)27-15(5)17(14(4)26-27)10-19(28)24-25-20-22-12(2)8-13(3)23-20/h6-9H,10H2,1-5H3,(H,24,28)(H,22,23,25). The molecule has 3 aromatic rings. The molecule has 0 fully saturated rings. The van der Waals surface area contributed by atoms with E-state index < -0.39 is 0 Å². The maximum absolute atomic E-state index is 12.4. The van der Waals surface area contributed by atoms with E-state index in [1.54, 1.807) is 0 Å². The molecule has 2 heterocycles. The van der Waals surface area contributed by atoms with Gasteiger partial charge < -0.3 is 0 Å². The summed E-state index contributed by atoms with van der Waals surface area (Å²) < 4.78 is 1.81. The first-order valence-corrected chi connectivity index (χ1v) is 9.31. The number of nitrogens with one attached hydrogen (secondary N) is 2. The number of aryl methyl sites for hydroxylation is 4. The Morgan fingerprint density at radius 2 is 1.75 bits per heavy atom. The van der Waals surface area contributed by atoms with Crippen molar-refractivity contribution in [2.24, 2.45) is 0 Å². The Kier molecular flexibility index (Phi) is 5.65. The van der Waals surface area contributed by atoms with Gasteiger partial charge in [0.05, 0.1) is 17.8 Å². The smallest absolute Gasteiger partial charge is 0.242 e. The highest BCUT2D eigenvalue weighted by atomic mass is 35.5. The largest absolute Gasteiger partial charge is 0.273 e. The second-order valence-electron chi connectivity index (χ2n) is 6.82. The fourth-order valence-electron chi connectivity index (χ4n) is 3.01. The van der Waals surface area contributed by atoms with Gasteiger partial charge in [-0.15, -0.1) is 0 Å². The van der Waals surface area contributed by atoms with E-state index in [9.17, 15) is 4.79 Å². The zero-order valence-corrected chi connectivity index (χ0v) is 17.3. The predicted molar refractivity (Wildman–Crippen MR) is 110 cm³/mol. The monoisotopic (exact) mass is 398 g/mol. The van der Waals surface area contributed by atoms with Crippen LogP contribution < -0.4 is 10.9 Å². The second kappa shape index (κ2) is 7.98. The molecule has 3 rings (SSSR count). The number of carbonyl (C=O) groups excluding carboxylic acids is 1. The van der Waals surface area contributed by atoms with Crippen molar-refractivity contribution in [1.82, 2.24) is 25.2 Å². The predicted octanol–water partition coefficient (Wildman–Crippen LogP) is 3.54. The van der Waals surface area contributed by atoms with Crippen LogP contribution in [0.15, 0.2) is 24.3 Å².